The summed E-state index contributed by atoms with van der Waals surface area (Å²) in [6, 6.07) is 0. The molecule has 3 nitrogen and oxygen atoms in total. The zero-order valence-electron chi connectivity index (χ0n) is 1.95. The van der Waals surface area contributed by atoms with Crippen LogP contribution in [0.1, 0.15) is 0 Å². The molecule has 0 bridgehead atoms. The van der Waals surface area contributed by atoms with Crippen LogP contribution < -0.4 is 4.91 Å². The van der Waals surface area contributed by atoms with Crippen LogP contribution in [-0.4, -0.2) is 0 Å². The van der Waals surface area contributed by atoms with Crippen molar-refractivity contribution in [1.29, 1.82) is 11.1 Å². The summed E-state index contributed by atoms with van der Waals surface area (Å²) in [5.41, 5.74) is 11.0. The van der Waals surface area contributed by atoms with E-state index in [0.717, 1.165) is 0 Å². The van der Waals surface area contributed by atoms with Crippen molar-refractivity contribution in [2.24, 2.45) is 0 Å². The number of nitrogens with zero attached hydrogens (tertiary/aromatic N) is 1. The Hall–Kier alpha value is 0.362. The minimum atomic E-state index is 0. The molecule has 0 saturated carbocycles. The van der Waals surface area contributed by atoms with Crippen molar-refractivity contribution in [1.82, 2.24) is 4.91 Å². The molecule has 0 radical (unpaired) electrons. The molecular weight excluding hydrogens is 280 g/mol. The van der Waals surface area contributed by atoms with Gasteiger partial charge in [-0.05, 0) is 0 Å². The predicted molar refractivity (Wildman–Crippen MR) is 7.57 cm³/mol. The number of rotatable bonds is 0. The van der Waals surface area contributed by atoms with Gasteiger partial charge in [0.15, 0.2) is 0 Å². The van der Waals surface area contributed by atoms with E-state index < -0.39 is 0 Å². The Bertz CT molecular complexity index is 24.3. The second kappa shape index (κ2) is 10.1. The van der Waals surface area contributed by atoms with Gasteiger partial charge in [-0.1, -0.05) is 0 Å². The van der Waals surface area contributed by atoms with Crippen LogP contribution in [0.5, 0.6) is 0 Å². The van der Waals surface area contributed by atoms with Crippen LogP contribution in [0.25, 0.3) is 0 Å². The fraction of sp³-hybridized carbons (Fsp3) is 0. The molecule has 0 spiro atoms. The van der Waals surface area contributed by atoms with E-state index in [1.807, 2.05) is 4.91 Å². The van der Waals surface area contributed by atoms with Gasteiger partial charge in [-0.15, -0.1) is 0 Å². The molecule has 0 amide bonds. The molecule has 0 rings (SSSR count). The zero-order valence-corrected chi connectivity index (χ0v) is 6.11. The van der Waals surface area contributed by atoms with Gasteiger partial charge in [0.25, 0.3) is 0 Å². The molecule has 0 aromatic rings. The Morgan fingerprint density at radius 1 is 1.25 bits per heavy atom. The summed E-state index contributed by atoms with van der Waals surface area (Å²) in [5, 5.41) is 0. The van der Waals surface area contributed by atoms with E-state index in [1.54, 1.807) is 0 Å². The predicted octanol–water partition coefficient (Wildman–Crippen LogP) is 0.116. The largest absolute Gasteiger partial charge is 0.211 e. The molecule has 2 N–H and O–H groups in total. The molecule has 0 aliphatic heterocycles. The Morgan fingerprint density at radius 2 is 1.25 bits per heavy atom. The maximum absolute atomic E-state index is 5.50. The van der Waals surface area contributed by atoms with Gasteiger partial charge < -0.3 is 0 Å². The van der Waals surface area contributed by atoms with Crippen molar-refractivity contribution >= 4 is 0 Å². The van der Waals surface area contributed by atoms with Gasteiger partial charge in [0.2, 0.25) is 4.91 Å². The smallest absolute Gasteiger partial charge is 0 e. The van der Waals surface area contributed by atoms with E-state index in [1.165, 1.54) is 0 Å². The summed E-state index contributed by atoms with van der Waals surface area (Å²) in [6.07, 6.45) is 0. The van der Waals surface area contributed by atoms with Crippen LogP contribution >= 0.6 is 0 Å². The summed E-state index contributed by atoms with van der Waals surface area (Å²) >= 11 is 0. The minimum absolute atomic E-state index is 0. The average molecular weight is 282 g/mol. The molecule has 0 aromatic carbocycles. The molecule has 0 aromatic heterocycles. The molecule has 0 aliphatic carbocycles. The third kappa shape index (κ3) is 33.4. The Labute approximate surface area is 47.2 Å². The van der Waals surface area contributed by atoms with Gasteiger partial charge >= 0.3 is 0 Å². The molecule has 0 heterocycles. The topological polar surface area (TPSA) is 61.8 Å². The summed E-state index contributed by atoms with van der Waals surface area (Å²) in [4.78, 5) is 2.00. The van der Waals surface area contributed by atoms with Crippen molar-refractivity contribution in [2.75, 3.05) is 0 Å². The molecule has 0 saturated heterocycles. The normalized spacial score (nSPS) is 2.00. The van der Waals surface area contributed by atoms with Gasteiger partial charge in [-0.25, -0.2) is 0 Å². The SMILES string of the molecule is N=[N+]=N.[U]. The number of hydrogen-bond donors (Lipinski definition) is 2. The van der Waals surface area contributed by atoms with Gasteiger partial charge in [-0.3, -0.25) is 0 Å². The second-order valence-corrected chi connectivity index (χ2v) is 0.112. The minimum Gasteiger partial charge on any atom is 0 e. The third-order valence-electron chi connectivity index (χ3n) is 0. The first-order chi connectivity index (χ1) is 1.41. The number of nitrogens with one attached hydrogen (secondary N) is 2. The zero-order chi connectivity index (χ0) is 2.71. The standard InChI is InChI=1S/H2N3.U/c1-3-2;/h1-2H;/q+1;. The van der Waals surface area contributed by atoms with E-state index in [2.05, 4.69) is 0 Å². The quantitative estimate of drug-likeness (QED) is 0.468. The third-order valence-corrected chi connectivity index (χ3v) is 0. The van der Waals surface area contributed by atoms with Crippen molar-refractivity contribution in [3.8, 4) is 0 Å². The van der Waals surface area contributed by atoms with Gasteiger partial charge in [-0.2, -0.15) is 0 Å². The van der Waals surface area contributed by atoms with E-state index in [4.69, 9.17) is 11.1 Å². The summed E-state index contributed by atoms with van der Waals surface area (Å²) in [7, 11) is 0. The van der Waals surface area contributed by atoms with Crippen molar-refractivity contribution in [3.63, 3.8) is 0 Å². The fourth-order valence-corrected chi connectivity index (χ4v) is 0. The Balaban J connectivity index is 0. The molecule has 0 unspecified atom stereocenters. The van der Waals surface area contributed by atoms with Crippen LogP contribution in [0.4, 0.5) is 0 Å². The van der Waals surface area contributed by atoms with Gasteiger partial charge in [0.05, 0.1) is 0 Å². The maximum Gasteiger partial charge on any atom is 0.211 e. The van der Waals surface area contributed by atoms with Gasteiger partial charge in [0.1, 0.15) is 11.1 Å². The van der Waals surface area contributed by atoms with Crippen molar-refractivity contribution in [2.45, 2.75) is 0 Å². The summed E-state index contributed by atoms with van der Waals surface area (Å²) < 4.78 is 0. The molecular formula is H2N3U+. The molecule has 0 fully saturated rings. The molecule has 0 atom stereocenters. The van der Waals surface area contributed by atoms with E-state index in [9.17, 15) is 0 Å². The second-order valence-electron chi connectivity index (χ2n) is 0.112. The van der Waals surface area contributed by atoms with Crippen LogP contribution in [-0.2, 0) is 0 Å². The Morgan fingerprint density at radius 3 is 1.25 bits per heavy atom. The monoisotopic (exact) mass is 282 g/mol. The van der Waals surface area contributed by atoms with Crippen molar-refractivity contribution in [3.05, 3.63) is 0 Å². The first-order valence-corrected chi connectivity index (χ1v) is 0.447. The van der Waals surface area contributed by atoms with E-state index in [0.29, 0.717) is 0 Å². The van der Waals surface area contributed by atoms with Crippen LogP contribution in [0.3, 0.4) is 0 Å². The molecule has 0 aliphatic rings. The van der Waals surface area contributed by atoms with E-state index in [-0.39, 0.29) is 31.1 Å². The van der Waals surface area contributed by atoms with Crippen LogP contribution in [0.2, 0.25) is 0 Å². The average Bonchev–Trinajstić information content (AvgIpc) is 0.918. The first kappa shape index (κ1) is 8.84. The molecule has 20 valence electrons. The van der Waals surface area contributed by atoms with E-state index >= 15 is 0 Å². The van der Waals surface area contributed by atoms with Crippen LogP contribution in [0, 0.1) is 42.2 Å². The summed E-state index contributed by atoms with van der Waals surface area (Å²) in [6.45, 7) is 0. The molecule has 4 heteroatoms. The maximum atomic E-state index is 5.50. The first-order valence-electron chi connectivity index (χ1n) is 0.447. The fourth-order valence-electron chi connectivity index (χ4n) is 0. The Kier molecular flexibility index (Phi) is 22.3. The molecule has 4 heavy (non-hydrogen) atoms. The number of hydrogen-bond acceptors (Lipinski definition) is 2. The summed E-state index contributed by atoms with van der Waals surface area (Å²) in [5.74, 6) is 0. The van der Waals surface area contributed by atoms with Crippen molar-refractivity contribution < 1.29 is 31.1 Å². The van der Waals surface area contributed by atoms with Gasteiger partial charge in [0, 0.05) is 31.1 Å². The van der Waals surface area contributed by atoms with Crippen LogP contribution in [0.15, 0.2) is 0 Å².